The molecule has 3 rings (SSSR count). The fourth-order valence-electron chi connectivity index (χ4n) is 2.73. The minimum Gasteiger partial charge on any atom is -0.319 e. The average molecular weight is 240 g/mol. The smallest absolute Gasteiger partial charge is 0.182 e. The Labute approximate surface area is 106 Å². The van der Waals surface area contributed by atoms with Gasteiger partial charge in [-0.1, -0.05) is 31.0 Å². The molecule has 1 fully saturated rings. The van der Waals surface area contributed by atoms with Gasteiger partial charge in [0.15, 0.2) is 5.78 Å². The Kier molecular flexibility index (Phi) is 2.63. The standard InChI is InChI=1S/C15H16N2O/c16-15(7-1-2-8-15)14(18)12-6-5-11-4-3-9-17-13(11)10-12/h3-6,9-10H,1-2,7-8,16H2. The van der Waals surface area contributed by atoms with E-state index in [1.165, 1.54) is 0 Å². The summed E-state index contributed by atoms with van der Waals surface area (Å²) < 4.78 is 0. The van der Waals surface area contributed by atoms with Gasteiger partial charge in [0.25, 0.3) is 0 Å². The molecule has 0 bridgehead atoms. The molecule has 1 saturated carbocycles. The largest absolute Gasteiger partial charge is 0.319 e. The maximum Gasteiger partial charge on any atom is 0.182 e. The van der Waals surface area contributed by atoms with Crippen molar-refractivity contribution in [1.29, 1.82) is 0 Å². The lowest BCUT2D eigenvalue weighted by molar-refractivity contribution is 0.0892. The van der Waals surface area contributed by atoms with Crippen molar-refractivity contribution >= 4 is 16.7 Å². The van der Waals surface area contributed by atoms with E-state index < -0.39 is 5.54 Å². The van der Waals surface area contributed by atoms with Crippen molar-refractivity contribution in [3.63, 3.8) is 0 Å². The van der Waals surface area contributed by atoms with Crippen LogP contribution in [0.2, 0.25) is 0 Å². The average Bonchev–Trinajstić information content (AvgIpc) is 2.85. The quantitative estimate of drug-likeness (QED) is 0.821. The first-order valence-corrected chi connectivity index (χ1v) is 6.38. The van der Waals surface area contributed by atoms with Gasteiger partial charge in [0.2, 0.25) is 0 Å². The zero-order valence-corrected chi connectivity index (χ0v) is 10.2. The molecule has 92 valence electrons. The molecule has 2 aromatic rings. The molecule has 1 aromatic heterocycles. The van der Waals surface area contributed by atoms with Crippen LogP contribution in [0.1, 0.15) is 36.0 Å². The lowest BCUT2D eigenvalue weighted by Crippen LogP contribution is -2.45. The minimum atomic E-state index is -0.650. The number of nitrogens with zero attached hydrogens (tertiary/aromatic N) is 1. The topological polar surface area (TPSA) is 56.0 Å². The number of fused-ring (bicyclic) bond motifs is 1. The van der Waals surface area contributed by atoms with E-state index in [1.54, 1.807) is 6.20 Å². The van der Waals surface area contributed by atoms with Crippen molar-refractivity contribution in [2.75, 3.05) is 0 Å². The summed E-state index contributed by atoms with van der Waals surface area (Å²) in [6.07, 6.45) is 5.44. The number of carbonyl (C=O) groups is 1. The van der Waals surface area contributed by atoms with Crippen LogP contribution in [0.25, 0.3) is 10.9 Å². The number of Topliss-reactive ketones (excluding diaryl/α,β-unsaturated/α-hetero) is 1. The number of hydrogen-bond acceptors (Lipinski definition) is 3. The summed E-state index contributed by atoms with van der Waals surface area (Å²) in [5.74, 6) is 0.0625. The van der Waals surface area contributed by atoms with Gasteiger partial charge in [0, 0.05) is 17.1 Å². The van der Waals surface area contributed by atoms with Crippen LogP contribution in [-0.4, -0.2) is 16.3 Å². The van der Waals surface area contributed by atoms with Crippen LogP contribution in [0.4, 0.5) is 0 Å². The van der Waals surface area contributed by atoms with Gasteiger partial charge < -0.3 is 5.73 Å². The first-order valence-electron chi connectivity index (χ1n) is 6.38. The highest BCUT2D eigenvalue weighted by atomic mass is 16.1. The highest BCUT2D eigenvalue weighted by molar-refractivity contribution is 6.05. The third-order valence-electron chi connectivity index (χ3n) is 3.82. The van der Waals surface area contributed by atoms with E-state index in [1.807, 2.05) is 30.3 Å². The van der Waals surface area contributed by atoms with E-state index >= 15 is 0 Å². The molecule has 0 atom stereocenters. The van der Waals surface area contributed by atoms with Crippen LogP contribution in [0.3, 0.4) is 0 Å². The molecule has 2 N–H and O–H groups in total. The molecular weight excluding hydrogens is 224 g/mol. The van der Waals surface area contributed by atoms with Gasteiger partial charge in [0.1, 0.15) is 0 Å². The highest BCUT2D eigenvalue weighted by Crippen LogP contribution is 2.30. The van der Waals surface area contributed by atoms with Gasteiger partial charge in [-0.15, -0.1) is 0 Å². The van der Waals surface area contributed by atoms with Crippen molar-refractivity contribution in [1.82, 2.24) is 4.98 Å². The Morgan fingerprint density at radius 3 is 2.78 bits per heavy atom. The van der Waals surface area contributed by atoms with Gasteiger partial charge in [-0.2, -0.15) is 0 Å². The molecule has 3 heteroatoms. The lowest BCUT2D eigenvalue weighted by Gasteiger charge is -2.21. The van der Waals surface area contributed by atoms with Crippen LogP contribution in [0.5, 0.6) is 0 Å². The van der Waals surface area contributed by atoms with Gasteiger partial charge in [-0.3, -0.25) is 9.78 Å². The van der Waals surface area contributed by atoms with Gasteiger partial charge >= 0.3 is 0 Å². The molecule has 1 aliphatic carbocycles. The second-order valence-corrected chi connectivity index (χ2v) is 5.10. The number of aromatic nitrogens is 1. The third-order valence-corrected chi connectivity index (χ3v) is 3.82. The van der Waals surface area contributed by atoms with Crippen LogP contribution >= 0.6 is 0 Å². The van der Waals surface area contributed by atoms with Gasteiger partial charge in [-0.25, -0.2) is 0 Å². The van der Waals surface area contributed by atoms with E-state index in [-0.39, 0.29) is 5.78 Å². The monoisotopic (exact) mass is 240 g/mol. The van der Waals surface area contributed by atoms with Crippen LogP contribution in [0, 0.1) is 0 Å². The van der Waals surface area contributed by atoms with E-state index in [4.69, 9.17) is 5.73 Å². The summed E-state index contributed by atoms with van der Waals surface area (Å²) in [6, 6.07) is 9.54. The number of ketones is 1. The van der Waals surface area contributed by atoms with Crippen molar-refractivity contribution in [3.8, 4) is 0 Å². The van der Waals surface area contributed by atoms with Crippen molar-refractivity contribution in [2.24, 2.45) is 5.73 Å². The van der Waals surface area contributed by atoms with Crippen molar-refractivity contribution < 1.29 is 4.79 Å². The predicted octanol–water partition coefficient (Wildman–Crippen LogP) is 2.69. The van der Waals surface area contributed by atoms with E-state index in [9.17, 15) is 4.79 Å². The zero-order chi connectivity index (χ0) is 12.6. The van der Waals surface area contributed by atoms with E-state index in [0.29, 0.717) is 5.56 Å². The number of hydrogen-bond donors (Lipinski definition) is 1. The summed E-state index contributed by atoms with van der Waals surface area (Å²) in [4.78, 5) is 16.7. The van der Waals surface area contributed by atoms with Gasteiger partial charge in [0.05, 0.1) is 11.1 Å². The Morgan fingerprint density at radius 1 is 1.22 bits per heavy atom. The van der Waals surface area contributed by atoms with Crippen LogP contribution in [0.15, 0.2) is 36.5 Å². The Hall–Kier alpha value is -1.74. The Balaban J connectivity index is 2.01. The maximum absolute atomic E-state index is 12.5. The molecule has 18 heavy (non-hydrogen) atoms. The molecule has 3 nitrogen and oxygen atoms in total. The lowest BCUT2D eigenvalue weighted by atomic mass is 9.88. The molecule has 0 saturated heterocycles. The number of rotatable bonds is 2. The second-order valence-electron chi connectivity index (χ2n) is 5.10. The highest BCUT2D eigenvalue weighted by Gasteiger charge is 2.37. The number of nitrogens with two attached hydrogens (primary N) is 1. The molecule has 1 aromatic carbocycles. The van der Waals surface area contributed by atoms with Crippen LogP contribution in [-0.2, 0) is 0 Å². The molecule has 0 radical (unpaired) electrons. The molecule has 1 aliphatic rings. The normalized spacial score (nSPS) is 18.1. The molecule has 0 spiro atoms. The summed E-state index contributed by atoms with van der Waals surface area (Å²) in [7, 11) is 0. The second kappa shape index (κ2) is 4.18. The number of benzene rings is 1. The Bertz CT molecular complexity index is 600. The minimum absolute atomic E-state index is 0.0625. The zero-order valence-electron chi connectivity index (χ0n) is 10.2. The molecule has 0 aliphatic heterocycles. The first kappa shape index (κ1) is 11.4. The molecule has 0 amide bonds. The maximum atomic E-state index is 12.5. The predicted molar refractivity (Wildman–Crippen MR) is 71.5 cm³/mol. The van der Waals surface area contributed by atoms with Crippen LogP contribution < -0.4 is 5.73 Å². The summed E-state index contributed by atoms with van der Waals surface area (Å²) >= 11 is 0. The summed E-state index contributed by atoms with van der Waals surface area (Å²) in [6.45, 7) is 0. The number of pyridine rings is 1. The van der Waals surface area contributed by atoms with E-state index in [0.717, 1.165) is 36.6 Å². The molecular formula is C15H16N2O. The first-order chi connectivity index (χ1) is 8.69. The van der Waals surface area contributed by atoms with Gasteiger partial charge in [-0.05, 0) is 25.0 Å². The van der Waals surface area contributed by atoms with Crippen molar-refractivity contribution in [3.05, 3.63) is 42.1 Å². The summed E-state index contributed by atoms with van der Waals surface area (Å²) in [5, 5.41) is 1.05. The molecule has 0 unspecified atom stereocenters. The summed E-state index contributed by atoms with van der Waals surface area (Å²) in [5.41, 5.74) is 7.10. The fraction of sp³-hybridized carbons (Fsp3) is 0.333. The fourth-order valence-corrected chi connectivity index (χ4v) is 2.73. The molecule has 1 heterocycles. The number of carbonyl (C=O) groups excluding carboxylic acids is 1. The third kappa shape index (κ3) is 1.81. The SMILES string of the molecule is NC1(C(=O)c2ccc3cccnc3c2)CCCC1. The van der Waals surface area contributed by atoms with Crippen molar-refractivity contribution in [2.45, 2.75) is 31.2 Å². The Morgan fingerprint density at radius 2 is 2.00 bits per heavy atom. The van der Waals surface area contributed by atoms with E-state index in [2.05, 4.69) is 4.98 Å².